The molecule has 1 aliphatic heterocycles. The van der Waals surface area contributed by atoms with E-state index in [0.717, 1.165) is 30.7 Å². The highest BCUT2D eigenvalue weighted by molar-refractivity contribution is 9.10. The number of phenols is 1. The number of hydrogen-bond acceptors (Lipinski definition) is 4. The summed E-state index contributed by atoms with van der Waals surface area (Å²) in [5.41, 5.74) is 1.27. The largest absolute Gasteiger partial charge is 0.503 e. The van der Waals surface area contributed by atoms with Gasteiger partial charge in [0.1, 0.15) is 0 Å². The molecule has 1 saturated heterocycles. The van der Waals surface area contributed by atoms with Gasteiger partial charge in [-0.25, -0.2) is 0 Å². The smallest absolute Gasteiger partial charge is 0.172 e. The molecule has 0 unspecified atom stereocenters. The summed E-state index contributed by atoms with van der Waals surface area (Å²) < 4.78 is 6.41. The molecule has 1 atom stereocenters. The number of phenolic OH excluding ortho intramolecular Hbond substituents is 1. The van der Waals surface area contributed by atoms with Gasteiger partial charge in [-0.2, -0.15) is 0 Å². The lowest BCUT2D eigenvalue weighted by Crippen LogP contribution is -2.47. The second-order valence-electron chi connectivity index (χ2n) is 6.91. The van der Waals surface area contributed by atoms with E-state index >= 15 is 0 Å². The standard InChI is InChI=1S/C19H29BrN2O2/c1-2-24-17-13-15(12-16(20)19(17)23)18(14-6-4-3-5-7-14)22-10-8-21-9-11-22/h12-14,18,21,23H,2-11H2,1H3/t18-/m1/s1. The monoisotopic (exact) mass is 396 g/mol. The van der Waals surface area contributed by atoms with E-state index in [1.165, 1.54) is 37.7 Å². The lowest BCUT2D eigenvalue weighted by atomic mass is 9.80. The first-order valence-corrected chi connectivity index (χ1v) is 10.1. The minimum Gasteiger partial charge on any atom is -0.503 e. The van der Waals surface area contributed by atoms with Crippen LogP contribution in [-0.4, -0.2) is 42.8 Å². The molecule has 0 radical (unpaired) electrons. The van der Waals surface area contributed by atoms with Gasteiger partial charge in [0.05, 0.1) is 11.1 Å². The quantitative estimate of drug-likeness (QED) is 0.786. The predicted octanol–water partition coefficient (Wildman–Crippen LogP) is 4.08. The topological polar surface area (TPSA) is 44.7 Å². The molecule has 1 aromatic carbocycles. The van der Waals surface area contributed by atoms with Crippen molar-refractivity contribution in [3.8, 4) is 11.5 Å². The first kappa shape index (κ1) is 18.0. The number of aromatic hydroxyl groups is 1. The van der Waals surface area contributed by atoms with E-state index in [4.69, 9.17) is 4.74 Å². The number of hydrogen-bond donors (Lipinski definition) is 2. The minimum absolute atomic E-state index is 0.211. The summed E-state index contributed by atoms with van der Waals surface area (Å²) in [6.45, 7) is 6.80. The molecule has 0 spiro atoms. The Labute approximate surface area is 153 Å². The zero-order chi connectivity index (χ0) is 16.9. The third-order valence-corrected chi connectivity index (χ3v) is 5.94. The number of nitrogens with zero attached hydrogens (tertiary/aromatic N) is 1. The van der Waals surface area contributed by atoms with Gasteiger partial charge < -0.3 is 15.2 Å². The van der Waals surface area contributed by atoms with Gasteiger partial charge in [-0.05, 0) is 59.3 Å². The third-order valence-electron chi connectivity index (χ3n) is 5.33. The van der Waals surface area contributed by atoms with Crippen molar-refractivity contribution >= 4 is 15.9 Å². The van der Waals surface area contributed by atoms with Crippen molar-refractivity contribution < 1.29 is 9.84 Å². The lowest BCUT2D eigenvalue weighted by Gasteiger charge is -2.41. The van der Waals surface area contributed by atoms with Gasteiger partial charge >= 0.3 is 0 Å². The van der Waals surface area contributed by atoms with E-state index in [9.17, 15) is 5.11 Å². The van der Waals surface area contributed by atoms with E-state index < -0.39 is 0 Å². The first-order valence-electron chi connectivity index (χ1n) is 9.30. The van der Waals surface area contributed by atoms with Crippen LogP contribution in [0, 0.1) is 5.92 Å². The van der Waals surface area contributed by atoms with Crippen molar-refractivity contribution in [1.82, 2.24) is 10.2 Å². The molecule has 1 heterocycles. The van der Waals surface area contributed by atoms with Crippen molar-refractivity contribution in [1.29, 1.82) is 0 Å². The first-order chi connectivity index (χ1) is 11.7. The van der Waals surface area contributed by atoms with Gasteiger partial charge in [0.2, 0.25) is 0 Å². The maximum atomic E-state index is 10.3. The number of ether oxygens (including phenoxy) is 1. The van der Waals surface area contributed by atoms with E-state index in [-0.39, 0.29) is 5.75 Å². The Balaban J connectivity index is 1.94. The van der Waals surface area contributed by atoms with Gasteiger partial charge in [-0.3, -0.25) is 4.90 Å². The molecule has 3 rings (SSSR count). The normalized spacial score (nSPS) is 21.6. The summed E-state index contributed by atoms with van der Waals surface area (Å²) in [4.78, 5) is 2.63. The lowest BCUT2D eigenvalue weighted by molar-refractivity contribution is 0.103. The number of benzene rings is 1. The number of piperazine rings is 1. The van der Waals surface area contributed by atoms with E-state index in [1.54, 1.807) is 0 Å². The van der Waals surface area contributed by atoms with Crippen LogP contribution in [0.25, 0.3) is 0 Å². The Morgan fingerprint density at radius 2 is 1.96 bits per heavy atom. The predicted molar refractivity (Wildman–Crippen MR) is 101 cm³/mol. The van der Waals surface area contributed by atoms with Crippen LogP contribution in [0.1, 0.15) is 50.6 Å². The van der Waals surface area contributed by atoms with Crippen molar-refractivity contribution in [2.24, 2.45) is 5.92 Å². The fourth-order valence-corrected chi connectivity index (χ4v) is 4.68. The summed E-state index contributed by atoms with van der Waals surface area (Å²) >= 11 is 3.52. The zero-order valence-corrected chi connectivity index (χ0v) is 16.1. The Morgan fingerprint density at radius 1 is 1.25 bits per heavy atom. The van der Waals surface area contributed by atoms with Crippen molar-refractivity contribution in [3.63, 3.8) is 0 Å². The Kier molecular flexibility index (Phi) is 6.42. The molecule has 24 heavy (non-hydrogen) atoms. The van der Waals surface area contributed by atoms with Crippen LogP contribution in [0.5, 0.6) is 11.5 Å². The van der Waals surface area contributed by atoms with Crippen LogP contribution in [0.15, 0.2) is 16.6 Å². The van der Waals surface area contributed by atoms with Crippen LogP contribution in [0.2, 0.25) is 0 Å². The summed E-state index contributed by atoms with van der Waals surface area (Å²) in [7, 11) is 0. The highest BCUT2D eigenvalue weighted by Crippen LogP contribution is 2.43. The molecule has 2 fully saturated rings. The summed E-state index contributed by atoms with van der Waals surface area (Å²) in [6, 6.07) is 4.58. The van der Waals surface area contributed by atoms with E-state index in [1.807, 2.05) is 6.92 Å². The summed E-state index contributed by atoms with van der Waals surface area (Å²) in [5, 5.41) is 13.7. The molecular formula is C19H29BrN2O2. The molecule has 1 aromatic rings. The molecular weight excluding hydrogens is 368 g/mol. The molecule has 2 aliphatic rings. The Bertz CT molecular complexity index is 522. The molecule has 0 aromatic heterocycles. The highest BCUT2D eigenvalue weighted by Gasteiger charge is 2.32. The van der Waals surface area contributed by atoms with Crippen LogP contribution in [0.3, 0.4) is 0 Å². The average Bonchev–Trinajstić information content (AvgIpc) is 2.61. The number of halogens is 1. The molecule has 5 heteroatoms. The SMILES string of the molecule is CCOc1cc([C@@H](C2CCCCC2)N2CCNCC2)cc(Br)c1O. The van der Waals surface area contributed by atoms with Gasteiger partial charge in [0.15, 0.2) is 11.5 Å². The second-order valence-corrected chi connectivity index (χ2v) is 7.77. The Hall–Kier alpha value is -0.780. The maximum absolute atomic E-state index is 10.3. The van der Waals surface area contributed by atoms with Crippen molar-refractivity contribution in [2.75, 3.05) is 32.8 Å². The van der Waals surface area contributed by atoms with Crippen molar-refractivity contribution in [2.45, 2.75) is 45.1 Å². The molecule has 4 nitrogen and oxygen atoms in total. The third kappa shape index (κ3) is 4.06. The van der Waals surface area contributed by atoms with Crippen LogP contribution < -0.4 is 10.1 Å². The van der Waals surface area contributed by atoms with Crippen molar-refractivity contribution in [3.05, 3.63) is 22.2 Å². The van der Waals surface area contributed by atoms with E-state index in [2.05, 4.69) is 38.3 Å². The second kappa shape index (κ2) is 8.54. The number of rotatable bonds is 5. The minimum atomic E-state index is 0.211. The maximum Gasteiger partial charge on any atom is 0.172 e. The summed E-state index contributed by atoms with van der Waals surface area (Å²) in [6.07, 6.45) is 6.65. The van der Waals surface area contributed by atoms with Crippen LogP contribution >= 0.6 is 15.9 Å². The molecule has 1 aliphatic carbocycles. The zero-order valence-electron chi connectivity index (χ0n) is 14.6. The molecule has 1 saturated carbocycles. The van der Waals surface area contributed by atoms with Gasteiger partial charge in [0, 0.05) is 32.2 Å². The highest BCUT2D eigenvalue weighted by atomic mass is 79.9. The molecule has 0 bridgehead atoms. The van der Waals surface area contributed by atoms with Gasteiger partial charge in [-0.1, -0.05) is 19.3 Å². The fraction of sp³-hybridized carbons (Fsp3) is 0.684. The average molecular weight is 397 g/mol. The van der Waals surface area contributed by atoms with Crippen LogP contribution in [0.4, 0.5) is 0 Å². The molecule has 134 valence electrons. The molecule has 0 amide bonds. The number of nitrogens with one attached hydrogen (secondary N) is 1. The fourth-order valence-electron chi connectivity index (χ4n) is 4.22. The van der Waals surface area contributed by atoms with Gasteiger partial charge in [-0.15, -0.1) is 0 Å². The Morgan fingerprint density at radius 3 is 2.62 bits per heavy atom. The molecule has 2 N–H and O–H groups in total. The summed E-state index contributed by atoms with van der Waals surface area (Å²) in [5.74, 6) is 1.50. The van der Waals surface area contributed by atoms with Crippen LogP contribution in [-0.2, 0) is 0 Å². The van der Waals surface area contributed by atoms with Gasteiger partial charge in [0.25, 0.3) is 0 Å². The van der Waals surface area contributed by atoms with E-state index in [0.29, 0.717) is 24.3 Å².